The van der Waals surface area contributed by atoms with Crippen molar-refractivity contribution in [1.29, 1.82) is 0 Å². The minimum Gasteiger partial charge on any atom is -0.435 e. The van der Waals surface area contributed by atoms with Crippen LogP contribution in [0.2, 0.25) is 5.02 Å². The zero-order valence-electron chi connectivity index (χ0n) is 29.8. The fourth-order valence-corrected chi connectivity index (χ4v) is 9.72. The molecule has 2 aromatic carbocycles. The highest BCUT2D eigenvalue weighted by molar-refractivity contribution is 7.88. The highest BCUT2D eigenvalue weighted by Gasteiger charge is 2.40. The van der Waals surface area contributed by atoms with Crippen LogP contribution >= 0.6 is 11.6 Å². The largest absolute Gasteiger partial charge is 0.435 e. The summed E-state index contributed by atoms with van der Waals surface area (Å²) in [6, 6.07) is 11.4. The lowest BCUT2D eigenvalue weighted by molar-refractivity contribution is -0.143. The molecular weight excluding hydrogens is 706 g/mol. The van der Waals surface area contributed by atoms with Gasteiger partial charge in [0.1, 0.15) is 0 Å². The Balaban J connectivity index is 1.01. The molecule has 3 fully saturated rings. The highest BCUT2D eigenvalue weighted by Crippen LogP contribution is 2.35. The summed E-state index contributed by atoms with van der Waals surface area (Å²) in [4.78, 5) is 46.7. The normalized spacial score (nSPS) is 21.4. The van der Waals surface area contributed by atoms with Crippen LogP contribution in [0.25, 0.3) is 10.9 Å². The maximum absolute atomic E-state index is 14.3. The van der Waals surface area contributed by atoms with Gasteiger partial charge >= 0.3 is 12.1 Å². The molecule has 3 aromatic rings. The van der Waals surface area contributed by atoms with Gasteiger partial charge in [-0.3, -0.25) is 9.89 Å². The molecule has 1 aromatic heterocycles. The highest BCUT2D eigenvalue weighted by atomic mass is 35.5. The number of carbonyl (C=O) groups excluding carboxylic acids is 3. The average Bonchev–Trinajstić information content (AvgIpc) is 3.57. The molecule has 7 rings (SSSR count). The maximum atomic E-state index is 14.3. The van der Waals surface area contributed by atoms with Gasteiger partial charge in [-0.25, -0.2) is 22.3 Å². The van der Waals surface area contributed by atoms with Crippen molar-refractivity contribution in [2.45, 2.75) is 69.9 Å². The monoisotopic (exact) mass is 753 g/mol. The molecule has 4 aliphatic rings. The van der Waals surface area contributed by atoms with Crippen molar-refractivity contribution >= 4 is 56.2 Å². The van der Waals surface area contributed by atoms with Gasteiger partial charge in [0, 0.05) is 68.8 Å². The molecule has 4 aliphatic heterocycles. The van der Waals surface area contributed by atoms with Gasteiger partial charge in [-0.2, -0.15) is 5.10 Å². The van der Waals surface area contributed by atoms with E-state index < -0.39 is 28.1 Å². The fraction of sp³-hybridized carbons (Fsp3) is 0.568. The number of anilines is 1. The lowest BCUT2D eigenvalue weighted by atomic mass is 9.79. The maximum Gasteiger partial charge on any atom is 0.410 e. The first kappa shape index (κ1) is 36.5. The SMILES string of the molecule is C[C@H](c1cc(Cl)c2[nH]ncc2c1)C(OC(=O)N1CCC(N2CCc3ccccc3NC2=O)CC1)C(=O)N1CCC(C2CCN(S(C)(=O)=O)CC2)CC1. The van der Waals surface area contributed by atoms with E-state index in [0.29, 0.717) is 81.0 Å². The van der Waals surface area contributed by atoms with Gasteiger partial charge in [0.2, 0.25) is 10.0 Å². The summed E-state index contributed by atoms with van der Waals surface area (Å²) in [6.45, 7) is 5.48. The van der Waals surface area contributed by atoms with Crippen molar-refractivity contribution in [3.63, 3.8) is 0 Å². The Hall–Kier alpha value is -3.88. The molecule has 0 spiro atoms. The first-order valence-electron chi connectivity index (χ1n) is 18.4. The van der Waals surface area contributed by atoms with Gasteiger partial charge in [0.05, 0.1) is 23.0 Å². The molecule has 5 heterocycles. The number of amides is 4. The number of nitrogens with zero attached hydrogens (tertiary/aromatic N) is 5. The lowest BCUT2D eigenvalue weighted by Gasteiger charge is -2.41. The van der Waals surface area contributed by atoms with E-state index in [1.54, 1.807) is 21.5 Å². The molecule has 280 valence electrons. The Morgan fingerprint density at radius 1 is 0.923 bits per heavy atom. The zero-order valence-corrected chi connectivity index (χ0v) is 31.4. The fourth-order valence-electron chi connectivity index (χ4n) is 8.57. The number of piperidine rings is 3. The van der Waals surface area contributed by atoms with Crippen LogP contribution in [0.4, 0.5) is 15.3 Å². The number of hydrogen-bond acceptors (Lipinski definition) is 7. The Morgan fingerprint density at radius 2 is 1.58 bits per heavy atom. The number of carbonyl (C=O) groups is 3. The van der Waals surface area contributed by atoms with Gasteiger partial charge in [-0.05, 0) is 86.1 Å². The topological polar surface area (TPSA) is 148 Å². The molecule has 2 atom stereocenters. The number of para-hydroxylation sites is 1. The predicted octanol–water partition coefficient (Wildman–Crippen LogP) is 5.29. The van der Waals surface area contributed by atoms with Gasteiger partial charge in [0.25, 0.3) is 5.91 Å². The Kier molecular flexibility index (Phi) is 10.7. The third-order valence-corrected chi connectivity index (χ3v) is 13.4. The van der Waals surface area contributed by atoms with E-state index in [1.807, 2.05) is 47.1 Å². The van der Waals surface area contributed by atoms with E-state index in [4.69, 9.17) is 16.3 Å². The molecule has 2 N–H and O–H groups in total. The van der Waals surface area contributed by atoms with Gasteiger partial charge in [-0.15, -0.1) is 0 Å². The summed E-state index contributed by atoms with van der Waals surface area (Å²) in [5.74, 6) is 0.107. The number of urea groups is 1. The van der Waals surface area contributed by atoms with Crippen LogP contribution in [0.15, 0.2) is 42.6 Å². The number of likely N-dealkylation sites (tertiary alicyclic amines) is 2. The van der Waals surface area contributed by atoms with Crippen molar-refractivity contribution < 1.29 is 27.5 Å². The number of nitrogens with one attached hydrogen (secondary N) is 2. The van der Waals surface area contributed by atoms with E-state index in [1.165, 1.54) is 6.26 Å². The first-order chi connectivity index (χ1) is 25.0. The molecule has 3 saturated heterocycles. The number of hydrogen-bond donors (Lipinski definition) is 2. The number of rotatable bonds is 7. The number of aromatic amines is 1. The van der Waals surface area contributed by atoms with E-state index in [9.17, 15) is 22.8 Å². The van der Waals surface area contributed by atoms with Crippen LogP contribution in [0, 0.1) is 11.8 Å². The van der Waals surface area contributed by atoms with Crippen molar-refractivity contribution in [2.75, 3.05) is 57.4 Å². The molecule has 1 unspecified atom stereocenters. The zero-order chi connectivity index (χ0) is 36.6. The number of aromatic nitrogens is 2. The summed E-state index contributed by atoms with van der Waals surface area (Å²) in [6.07, 6.45) is 6.59. The molecule has 0 radical (unpaired) electrons. The van der Waals surface area contributed by atoms with Crippen LogP contribution < -0.4 is 5.32 Å². The number of fused-ring (bicyclic) bond motifs is 2. The van der Waals surface area contributed by atoms with Gasteiger partial charge in [-0.1, -0.05) is 36.7 Å². The Morgan fingerprint density at radius 3 is 2.27 bits per heavy atom. The van der Waals surface area contributed by atoms with Crippen molar-refractivity contribution in [3.05, 3.63) is 58.7 Å². The lowest BCUT2D eigenvalue weighted by Crippen LogP contribution is -2.52. The third-order valence-electron chi connectivity index (χ3n) is 11.8. The van der Waals surface area contributed by atoms with Gasteiger partial charge in [0.15, 0.2) is 6.10 Å². The minimum atomic E-state index is -3.19. The molecule has 0 bridgehead atoms. The van der Waals surface area contributed by atoms with Crippen molar-refractivity contribution in [1.82, 2.24) is 29.2 Å². The molecule has 0 saturated carbocycles. The first-order valence-corrected chi connectivity index (χ1v) is 20.7. The minimum absolute atomic E-state index is 0.0153. The van der Waals surface area contributed by atoms with Gasteiger partial charge < -0.3 is 24.8 Å². The van der Waals surface area contributed by atoms with Crippen molar-refractivity contribution in [3.8, 4) is 0 Å². The second-order valence-corrected chi connectivity index (χ2v) is 17.2. The van der Waals surface area contributed by atoms with E-state index >= 15 is 0 Å². The van der Waals surface area contributed by atoms with Crippen molar-refractivity contribution in [2.24, 2.45) is 11.8 Å². The number of benzene rings is 2. The second kappa shape index (κ2) is 15.2. The van der Waals surface area contributed by atoms with Crippen LogP contribution in [0.5, 0.6) is 0 Å². The summed E-state index contributed by atoms with van der Waals surface area (Å²) in [7, 11) is -3.19. The smallest absolute Gasteiger partial charge is 0.410 e. The second-order valence-electron chi connectivity index (χ2n) is 14.8. The average molecular weight is 754 g/mol. The summed E-state index contributed by atoms with van der Waals surface area (Å²) in [5.41, 5.74) is 3.42. The number of H-pyrrole nitrogens is 1. The van der Waals surface area contributed by atoms with Crippen LogP contribution in [-0.2, 0) is 26.0 Å². The molecule has 0 aliphatic carbocycles. The number of ether oxygens (including phenoxy) is 1. The van der Waals surface area contributed by atoms with E-state index in [2.05, 4.69) is 15.5 Å². The molecule has 15 heteroatoms. The number of sulfonamides is 1. The standard InChI is InChI=1S/C37H48ClN7O6S/c1-24(28-21-29-23-39-41-33(29)31(38)22-28)34(35(46)42-14-7-25(8-15-42)26-9-18-44(19-10-26)52(2,49)50)51-37(48)43-16-12-30(13-17-43)45-20-11-27-5-3-4-6-32(27)40-36(45)47/h3-6,21-26,30,34H,7-20H2,1-2H3,(H,39,41)(H,40,47)/t24-,34?/m1/s1. The Labute approximate surface area is 310 Å². The van der Waals surface area contributed by atoms with Crippen LogP contribution in [0.3, 0.4) is 0 Å². The quantitative estimate of drug-likeness (QED) is 0.333. The molecule has 4 amide bonds. The number of halogens is 1. The summed E-state index contributed by atoms with van der Waals surface area (Å²) < 4.78 is 31.8. The molecule has 13 nitrogen and oxygen atoms in total. The van der Waals surface area contributed by atoms with E-state index in [-0.39, 0.29) is 18.0 Å². The summed E-state index contributed by atoms with van der Waals surface area (Å²) >= 11 is 6.60. The van der Waals surface area contributed by atoms with Crippen LogP contribution in [0.1, 0.15) is 62.5 Å². The third kappa shape index (κ3) is 7.74. The predicted molar refractivity (Wildman–Crippen MR) is 199 cm³/mol. The summed E-state index contributed by atoms with van der Waals surface area (Å²) in [5, 5.41) is 11.3. The Bertz CT molecular complexity index is 1900. The molecule has 52 heavy (non-hydrogen) atoms. The molecular formula is C37H48ClN7O6S. The van der Waals surface area contributed by atoms with E-state index in [0.717, 1.165) is 54.3 Å². The van der Waals surface area contributed by atoms with Crippen LogP contribution in [-0.4, -0.2) is 120 Å².